The summed E-state index contributed by atoms with van der Waals surface area (Å²) >= 11 is 3.35. The third-order valence-corrected chi connectivity index (χ3v) is 6.23. The molecule has 0 aliphatic carbocycles. The van der Waals surface area contributed by atoms with E-state index in [9.17, 15) is 8.42 Å². The second-order valence-electron chi connectivity index (χ2n) is 5.92. The number of ether oxygens (including phenoxy) is 1. The van der Waals surface area contributed by atoms with Crippen LogP contribution in [0.25, 0.3) is 0 Å². The Kier molecular flexibility index (Phi) is 7.97. The van der Waals surface area contributed by atoms with E-state index in [0.29, 0.717) is 18.0 Å². The fourth-order valence-corrected chi connectivity index (χ4v) is 4.73. The van der Waals surface area contributed by atoms with Crippen molar-refractivity contribution < 1.29 is 13.2 Å². The molecule has 1 aliphatic heterocycles. The number of rotatable bonds is 6. The fraction of sp³-hybridized carbons (Fsp3) is 0.600. The number of methoxy groups -OCH3 is 1. The quantitative estimate of drug-likeness (QED) is 0.732. The molecule has 132 valence electrons. The molecule has 1 aromatic carbocycles. The van der Waals surface area contributed by atoms with E-state index >= 15 is 0 Å². The number of aryl methyl sites for hydroxylation is 1. The third-order valence-electron chi connectivity index (χ3n) is 4.18. The van der Waals surface area contributed by atoms with Crippen molar-refractivity contribution in [3.8, 4) is 0 Å². The normalized spacial score (nSPS) is 17.5. The van der Waals surface area contributed by atoms with Gasteiger partial charge in [0.1, 0.15) is 0 Å². The maximum Gasteiger partial charge on any atom is 0.240 e. The van der Waals surface area contributed by atoms with Crippen LogP contribution in [0, 0.1) is 12.3 Å². The molecule has 2 N–H and O–H groups in total. The Hall–Kier alpha value is -0.180. The lowest BCUT2D eigenvalue weighted by atomic mass is 9.80. The van der Waals surface area contributed by atoms with Gasteiger partial charge >= 0.3 is 0 Å². The highest BCUT2D eigenvalue weighted by molar-refractivity contribution is 9.10. The molecule has 0 amide bonds. The first-order valence-electron chi connectivity index (χ1n) is 7.34. The molecule has 1 heterocycles. The molecule has 0 atom stereocenters. The second kappa shape index (κ2) is 8.78. The lowest BCUT2D eigenvalue weighted by molar-refractivity contribution is 0.0577. The van der Waals surface area contributed by atoms with Crippen LogP contribution in [-0.4, -0.2) is 41.8 Å². The molecule has 8 heteroatoms. The molecular weight excluding hydrogens is 404 g/mol. The Bertz CT molecular complexity index is 614. The van der Waals surface area contributed by atoms with E-state index in [-0.39, 0.29) is 17.8 Å². The highest BCUT2D eigenvalue weighted by atomic mass is 79.9. The predicted molar refractivity (Wildman–Crippen MR) is 97.7 cm³/mol. The molecule has 1 aliphatic rings. The maximum atomic E-state index is 12.6. The van der Waals surface area contributed by atoms with E-state index in [2.05, 4.69) is 26.0 Å². The Morgan fingerprint density at radius 3 is 2.57 bits per heavy atom. The largest absolute Gasteiger partial charge is 0.384 e. The van der Waals surface area contributed by atoms with Gasteiger partial charge in [0.15, 0.2) is 0 Å². The first-order valence-corrected chi connectivity index (χ1v) is 9.62. The van der Waals surface area contributed by atoms with Crippen molar-refractivity contribution in [1.29, 1.82) is 0 Å². The van der Waals surface area contributed by atoms with Crippen LogP contribution < -0.4 is 10.0 Å². The molecule has 0 saturated carbocycles. The molecule has 0 aromatic heterocycles. The summed E-state index contributed by atoms with van der Waals surface area (Å²) in [4.78, 5) is 0.331. The van der Waals surface area contributed by atoms with E-state index in [0.717, 1.165) is 36.0 Å². The smallest absolute Gasteiger partial charge is 0.240 e. The van der Waals surface area contributed by atoms with Gasteiger partial charge in [-0.05, 0) is 56.6 Å². The zero-order valence-electron chi connectivity index (χ0n) is 13.4. The number of sulfonamides is 1. The van der Waals surface area contributed by atoms with Gasteiger partial charge in [-0.25, -0.2) is 13.1 Å². The number of piperidine rings is 1. The molecule has 0 unspecified atom stereocenters. The van der Waals surface area contributed by atoms with Gasteiger partial charge in [-0.1, -0.05) is 15.9 Å². The van der Waals surface area contributed by atoms with Crippen LogP contribution in [-0.2, 0) is 14.8 Å². The zero-order chi connectivity index (χ0) is 16.2. The molecule has 1 fully saturated rings. The van der Waals surface area contributed by atoms with Crippen molar-refractivity contribution in [3.63, 3.8) is 0 Å². The molecule has 2 rings (SSSR count). The maximum absolute atomic E-state index is 12.6. The highest BCUT2D eigenvalue weighted by Gasteiger charge is 2.33. The average molecular weight is 428 g/mol. The first-order chi connectivity index (χ1) is 10.4. The lowest BCUT2D eigenvalue weighted by Crippen LogP contribution is -2.47. The number of halogens is 2. The van der Waals surface area contributed by atoms with Gasteiger partial charge in [0.05, 0.1) is 11.5 Å². The predicted octanol–water partition coefficient (Wildman–Crippen LogP) is 2.47. The van der Waals surface area contributed by atoms with E-state index in [1.54, 1.807) is 26.2 Å². The number of hydrogen-bond donors (Lipinski definition) is 2. The topological polar surface area (TPSA) is 67.4 Å². The van der Waals surface area contributed by atoms with Crippen LogP contribution in [0.4, 0.5) is 0 Å². The Balaban J connectivity index is 0.00000264. The minimum absolute atomic E-state index is 0. The second-order valence-corrected chi connectivity index (χ2v) is 8.57. The summed E-state index contributed by atoms with van der Waals surface area (Å²) in [6.45, 7) is 4.55. The van der Waals surface area contributed by atoms with E-state index in [1.165, 1.54) is 0 Å². The average Bonchev–Trinajstić information content (AvgIpc) is 2.46. The number of nitrogens with one attached hydrogen (secondary N) is 2. The van der Waals surface area contributed by atoms with Crippen molar-refractivity contribution >= 4 is 38.4 Å². The Morgan fingerprint density at radius 1 is 1.35 bits per heavy atom. The molecule has 1 saturated heterocycles. The van der Waals surface area contributed by atoms with Gasteiger partial charge in [-0.3, -0.25) is 0 Å². The Morgan fingerprint density at radius 2 is 2.00 bits per heavy atom. The number of hydrogen-bond acceptors (Lipinski definition) is 4. The van der Waals surface area contributed by atoms with Gasteiger partial charge in [0, 0.05) is 23.5 Å². The highest BCUT2D eigenvalue weighted by Crippen LogP contribution is 2.29. The monoisotopic (exact) mass is 426 g/mol. The summed E-state index contributed by atoms with van der Waals surface area (Å²) in [7, 11) is -1.85. The van der Waals surface area contributed by atoms with Crippen LogP contribution in [0.15, 0.2) is 27.6 Å². The number of benzene rings is 1. The van der Waals surface area contributed by atoms with Crippen LogP contribution in [0.2, 0.25) is 0 Å². The van der Waals surface area contributed by atoms with Crippen molar-refractivity contribution in [2.45, 2.75) is 24.7 Å². The third kappa shape index (κ3) is 5.41. The molecule has 1 aromatic rings. The van der Waals surface area contributed by atoms with E-state index < -0.39 is 10.0 Å². The van der Waals surface area contributed by atoms with Crippen LogP contribution in [0.3, 0.4) is 0 Å². The molecule has 23 heavy (non-hydrogen) atoms. The summed E-state index contributed by atoms with van der Waals surface area (Å²) in [6, 6.07) is 5.19. The van der Waals surface area contributed by atoms with Gasteiger partial charge in [0.2, 0.25) is 10.0 Å². The van der Waals surface area contributed by atoms with Crippen molar-refractivity contribution in [3.05, 3.63) is 28.2 Å². The van der Waals surface area contributed by atoms with E-state index in [4.69, 9.17) is 4.74 Å². The minimum atomic E-state index is -3.51. The molecule has 0 bridgehead atoms. The van der Waals surface area contributed by atoms with Crippen molar-refractivity contribution in [1.82, 2.24) is 10.0 Å². The van der Waals surface area contributed by atoms with Gasteiger partial charge in [-0.2, -0.15) is 0 Å². The van der Waals surface area contributed by atoms with E-state index in [1.807, 2.05) is 6.07 Å². The first kappa shape index (κ1) is 20.9. The molecule has 0 radical (unpaired) electrons. The van der Waals surface area contributed by atoms with Crippen LogP contribution in [0.5, 0.6) is 0 Å². The molecule has 5 nitrogen and oxygen atoms in total. The zero-order valence-corrected chi connectivity index (χ0v) is 16.6. The Labute approximate surface area is 153 Å². The minimum Gasteiger partial charge on any atom is -0.384 e. The van der Waals surface area contributed by atoms with Crippen LogP contribution in [0.1, 0.15) is 18.4 Å². The summed E-state index contributed by atoms with van der Waals surface area (Å²) in [5.74, 6) is 0. The van der Waals surface area contributed by atoms with Gasteiger partial charge in [-0.15, -0.1) is 12.4 Å². The molecular formula is C15H24BrClN2O3S. The van der Waals surface area contributed by atoms with Gasteiger partial charge < -0.3 is 10.1 Å². The van der Waals surface area contributed by atoms with Crippen molar-refractivity contribution in [2.24, 2.45) is 5.41 Å². The van der Waals surface area contributed by atoms with Gasteiger partial charge in [0.25, 0.3) is 0 Å². The lowest BCUT2D eigenvalue weighted by Gasteiger charge is -2.37. The summed E-state index contributed by atoms with van der Waals surface area (Å²) in [6.07, 6.45) is 1.81. The van der Waals surface area contributed by atoms with Crippen LogP contribution >= 0.6 is 28.3 Å². The summed E-state index contributed by atoms with van der Waals surface area (Å²) in [5.41, 5.74) is 0.601. The fourth-order valence-electron chi connectivity index (χ4n) is 2.88. The van der Waals surface area contributed by atoms with Crippen molar-refractivity contribution in [2.75, 3.05) is 33.4 Å². The summed E-state index contributed by atoms with van der Waals surface area (Å²) in [5, 5.41) is 3.30. The summed E-state index contributed by atoms with van der Waals surface area (Å²) < 4.78 is 34.1. The standard InChI is InChI=1S/C15H23BrN2O3S.ClH/c1-12-9-13(16)3-4-14(12)22(19,20)18-10-15(11-21-2)5-7-17-8-6-15;/h3-4,9,17-18H,5-8,10-11H2,1-2H3;1H. The molecule has 0 spiro atoms. The SMILES string of the molecule is COCC1(CNS(=O)(=O)c2ccc(Br)cc2C)CCNCC1.Cl.